The van der Waals surface area contributed by atoms with Gasteiger partial charge in [0.1, 0.15) is 0 Å². The predicted octanol–water partition coefficient (Wildman–Crippen LogP) is 1.65. The van der Waals surface area contributed by atoms with Crippen molar-refractivity contribution in [3.63, 3.8) is 0 Å². The summed E-state index contributed by atoms with van der Waals surface area (Å²) in [5.74, 6) is 0.733. The van der Waals surface area contributed by atoms with Crippen molar-refractivity contribution >= 4 is 0 Å². The zero-order valence-electron chi connectivity index (χ0n) is 12.4. The van der Waals surface area contributed by atoms with Gasteiger partial charge in [0, 0.05) is 31.7 Å². The fraction of sp³-hybridized carbons (Fsp3) is 1.00. The van der Waals surface area contributed by atoms with Gasteiger partial charge >= 0.3 is 0 Å². The van der Waals surface area contributed by atoms with Gasteiger partial charge in [-0.1, -0.05) is 13.8 Å². The largest absolute Gasteiger partial charge is 0.316 e. The predicted molar refractivity (Wildman–Crippen MR) is 75.5 cm³/mol. The van der Waals surface area contributed by atoms with Crippen molar-refractivity contribution in [2.45, 2.75) is 46.2 Å². The topological polar surface area (TPSA) is 18.5 Å². The van der Waals surface area contributed by atoms with Crippen molar-refractivity contribution in [3.05, 3.63) is 0 Å². The van der Waals surface area contributed by atoms with E-state index in [0.29, 0.717) is 12.1 Å². The summed E-state index contributed by atoms with van der Waals surface area (Å²) in [4.78, 5) is 5.12. The Kier molecular flexibility index (Phi) is 6.45. The summed E-state index contributed by atoms with van der Waals surface area (Å²) in [6, 6.07) is 1.39. The number of hydrogen-bond donors (Lipinski definition) is 1. The number of rotatable bonds is 6. The Morgan fingerprint density at radius 1 is 1.29 bits per heavy atom. The lowest BCUT2D eigenvalue weighted by Crippen LogP contribution is -2.54. The first-order valence-corrected chi connectivity index (χ1v) is 7.21. The lowest BCUT2D eigenvalue weighted by molar-refractivity contribution is 0.0589. The minimum absolute atomic E-state index is 0.690. The Morgan fingerprint density at radius 3 is 2.59 bits per heavy atom. The Balaban J connectivity index is 2.33. The first-order valence-electron chi connectivity index (χ1n) is 7.21. The maximum absolute atomic E-state index is 3.54. The maximum Gasteiger partial charge on any atom is 0.0192 e. The molecule has 0 aliphatic carbocycles. The van der Waals surface area contributed by atoms with Gasteiger partial charge in [0.2, 0.25) is 0 Å². The molecule has 17 heavy (non-hydrogen) atoms. The molecule has 0 saturated carbocycles. The molecule has 0 aromatic rings. The van der Waals surface area contributed by atoms with E-state index >= 15 is 0 Å². The third-order valence-corrected chi connectivity index (χ3v) is 4.28. The van der Waals surface area contributed by atoms with Gasteiger partial charge in [-0.05, 0) is 46.3 Å². The van der Waals surface area contributed by atoms with Crippen LogP contribution in [0.15, 0.2) is 0 Å². The van der Waals surface area contributed by atoms with Crippen molar-refractivity contribution in [1.82, 2.24) is 15.1 Å². The van der Waals surface area contributed by atoms with Crippen LogP contribution in [0.2, 0.25) is 0 Å². The van der Waals surface area contributed by atoms with Crippen LogP contribution >= 0.6 is 0 Å². The molecule has 1 rings (SSSR count). The maximum atomic E-state index is 3.54. The van der Waals surface area contributed by atoms with E-state index in [-0.39, 0.29) is 0 Å². The Morgan fingerprint density at radius 2 is 2.00 bits per heavy atom. The van der Waals surface area contributed by atoms with Crippen LogP contribution in [0.3, 0.4) is 0 Å². The molecular formula is C14H31N3. The van der Waals surface area contributed by atoms with Gasteiger partial charge in [-0.3, -0.25) is 4.90 Å². The average Bonchev–Trinajstić information content (AvgIpc) is 2.32. The van der Waals surface area contributed by atoms with Crippen LogP contribution in [-0.4, -0.2) is 61.7 Å². The molecule has 0 aromatic carbocycles. The molecule has 3 nitrogen and oxygen atoms in total. The van der Waals surface area contributed by atoms with Crippen LogP contribution in [0.5, 0.6) is 0 Å². The van der Waals surface area contributed by atoms with Crippen LogP contribution in [0.25, 0.3) is 0 Å². The third kappa shape index (κ3) is 4.57. The van der Waals surface area contributed by atoms with Gasteiger partial charge < -0.3 is 10.2 Å². The highest BCUT2D eigenvalue weighted by molar-refractivity contribution is 4.82. The molecule has 1 fully saturated rings. The molecule has 0 amide bonds. The van der Waals surface area contributed by atoms with Crippen molar-refractivity contribution in [3.8, 4) is 0 Å². The molecule has 0 bridgehead atoms. The van der Waals surface area contributed by atoms with Gasteiger partial charge in [0.15, 0.2) is 0 Å². The van der Waals surface area contributed by atoms with Crippen LogP contribution < -0.4 is 5.32 Å². The number of nitrogens with zero attached hydrogens (tertiary/aromatic N) is 2. The minimum Gasteiger partial charge on any atom is -0.316 e. The summed E-state index contributed by atoms with van der Waals surface area (Å²) in [5.41, 5.74) is 0. The quantitative estimate of drug-likeness (QED) is 0.713. The van der Waals surface area contributed by atoms with E-state index in [1.165, 1.54) is 26.1 Å². The summed E-state index contributed by atoms with van der Waals surface area (Å²) < 4.78 is 0. The molecule has 0 spiro atoms. The summed E-state index contributed by atoms with van der Waals surface area (Å²) >= 11 is 0. The van der Waals surface area contributed by atoms with Crippen LogP contribution in [0.4, 0.5) is 0 Å². The van der Waals surface area contributed by atoms with Gasteiger partial charge in [0.05, 0.1) is 0 Å². The fourth-order valence-electron chi connectivity index (χ4n) is 2.48. The zero-order chi connectivity index (χ0) is 12.8. The molecule has 3 unspecified atom stereocenters. The summed E-state index contributed by atoms with van der Waals surface area (Å²) in [5, 5.41) is 3.54. The first kappa shape index (κ1) is 14.9. The first-order chi connectivity index (χ1) is 8.06. The fourth-order valence-corrected chi connectivity index (χ4v) is 2.48. The molecule has 1 heterocycles. The van der Waals surface area contributed by atoms with Crippen molar-refractivity contribution < 1.29 is 0 Å². The Bertz CT molecular complexity index is 208. The number of nitrogens with one attached hydrogen (secondary N) is 1. The van der Waals surface area contributed by atoms with E-state index in [4.69, 9.17) is 0 Å². The van der Waals surface area contributed by atoms with E-state index in [1.807, 2.05) is 0 Å². The zero-order valence-corrected chi connectivity index (χ0v) is 12.4. The van der Waals surface area contributed by atoms with Gasteiger partial charge in [-0.15, -0.1) is 0 Å². The molecule has 0 radical (unpaired) electrons. The lowest BCUT2D eigenvalue weighted by Gasteiger charge is -2.42. The molecule has 1 aliphatic heterocycles. The summed E-state index contributed by atoms with van der Waals surface area (Å²) in [6.07, 6.45) is 1.23. The highest BCUT2D eigenvalue weighted by Gasteiger charge is 2.26. The van der Waals surface area contributed by atoms with Crippen molar-refractivity contribution in [2.75, 3.05) is 39.8 Å². The molecule has 1 N–H and O–H groups in total. The van der Waals surface area contributed by atoms with E-state index in [1.54, 1.807) is 0 Å². The Hall–Kier alpha value is -0.120. The van der Waals surface area contributed by atoms with Crippen LogP contribution in [0, 0.1) is 5.92 Å². The molecule has 3 heteroatoms. The standard InChI is InChI=1S/C14H31N3/c1-6-7-15-10-12(2)14(4)17-9-8-16(5)13(3)11-17/h12-15H,6-11H2,1-5H3. The normalized spacial score (nSPS) is 27.0. The van der Waals surface area contributed by atoms with E-state index < -0.39 is 0 Å². The third-order valence-electron chi connectivity index (χ3n) is 4.28. The molecule has 3 atom stereocenters. The average molecular weight is 241 g/mol. The lowest BCUT2D eigenvalue weighted by atomic mass is 10.00. The summed E-state index contributed by atoms with van der Waals surface area (Å²) in [6.45, 7) is 15.3. The van der Waals surface area contributed by atoms with Crippen LogP contribution in [0.1, 0.15) is 34.1 Å². The monoisotopic (exact) mass is 241 g/mol. The number of likely N-dealkylation sites (N-methyl/N-ethyl adjacent to an activating group) is 1. The van der Waals surface area contributed by atoms with E-state index in [0.717, 1.165) is 19.0 Å². The van der Waals surface area contributed by atoms with Crippen molar-refractivity contribution in [1.29, 1.82) is 0 Å². The second-order valence-corrected chi connectivity index (χ2v) is 5.75. The smallest absolute Gasteiger partial charge is 0.0192 e. The SMILES string of the molecule is CCCNCC(C)C(C)N1CCN(C)C(C)C1. The van der Waals surface area contributed by atoms with Gasteiger partial charge in [-0.25, -0.2) is 0 Å². The van der Waals surface area contributed by atoms with Gasteiger partial charge in [-0.2, -0.15) is 0 Å². The molecule has 1 aliphatic rings. The van der Waals surface area contributed by atoms with Crippen molar-refractivity contribution in [2.24, 2.45) is 5.92 Å². The van der Waals surface area contributed by atoms with Gasteiger partial charge in [0.25, 0.3) is 0 Å². The second kappa shape index (κ2) is 7.34. The Labute approximate surface area is 108 Å². The number of piperazine rings is 1. The molecule has 1 saturated heterocycles. The molecular weight excluding hydrogens is 210 g/mol. The highest BCUT2D eigenvalue weighted by Crippen LogP contribution is 2.15. The minimum atomic E-state index is 0.690. The molecule has 0 aromatic heterocycles. The highest BCUT2D eigenvalue weighted by atomic mass is 15.3. The second-order valence-electron chi connectivity index (χ2n) is 5.75. The van der Waals surface area contributed by atoms with Crippen LogP contribution in [-0.2, 0) is 0 Å². The van der Waals surface area contributed by atoms with E-state index in [2.05, 4.69) is 49.9 Å². The molecule has 102 valence electrons. The summed E-state index contributed by atoms with van der Waals surface area (Å²) in [7, 11) is 2.24. The number of hydrogen-bond acceptors (Lipinski definition) is 3. The van der Waals surface area contributed by atoms with E-state index in [9.17, 15) is 0 Å².